The van der Waals surface area contributed by atoms with Gasteiger partial charge in [-0.3, -0.25) is 4.79 Å². The van der Waals surface area contributed by atoms with Gasteiger partial charge in [0.25, 0.3) is 0 Å². The predicted octanol–water partition coefficient (Wildman–Crippen LogP) is 2.89. The lowest BCUT2D eigenvalue weighted by Crippen LogP contribution is -2.34. The quantitative estimate of drug-likeness (QED) is 0.793. The van der Waals surface area contributed by atoms with Gasteiger partial charge in [-0.05, 0) is 11.5 Å². The fraction of sp³-hybridized carbons (Fsp3) is 0.562. The highest BCUT2D eigenvalue weighted by Crippen LogP contribution is 2.21. The zero-order valence-electron chi connectivity index (χ0n) is 12.4. The second-order valence-corrected chi connectivity index (χ2v) is 5.56. The van der Waals surface area contributed by atoms with Crippen LogP contribution in [0.5, 0.6) is 0 Å². The number of hydrogen-bond acceptors (Lipinski definition) is 2. The van der Waals surface area contributed by atoms with E-state index in [0.717, 1.165) is 6.54 Å². The molecule has 0 aliphatic heterocycles. The molecule has 0 radical (unpaired) electrons. The summed E-state index contributed by atoms with van der Waals surface area (Å²) in [5.74, 6) is 0.486. The molecule has 0 saturated carbocycles. The van der Waals surface area contributed by atoms with Crippen LogP contribution >= 0.6 is 0 Å². The lowest BCUT2D eigenvalue weighted by Gasteiger charge is -2.23. The van der Waals surface area contributed by atoms with Crippen LogP contribution in [0.4, 0.5) is 0 Å². The molecule has 1 rings (SSSR count). The molecular weight excluding hydrogens is 236 g/mol. The maximum absolute atomic E-state index is 12.0. The highest BCUT2D eigenvalue weighted by atomic mass is 16.1. The number of amides is 1. The first-order chi connectivity index (χ1) is 9.00. The topological polar surface area (TPSA) is 41.1 Å². The molecule has 1 aromatic carbocycles. The summed E-state index contributed by atoms with van der Waals surface area (Å²) in [5.41, 5.74) is 1.17. The summed E-state index contributed by atoms with van der Waals surface area (Å²) < 4.78 is 0. The Hall–Kier alpha value is -1.35. The van der Waals surface area contributed by atoms with Gasteiger partial charge < -0.3 is 10.6 Å². The van der Waals surface area contributed by atoms with Gasteiger partial charge in [0.15, 0.2) is 0 Å². The highest BCUT2D eigenvalue weighted by Gasteiger charge is 2.17. The van der Waals surface area contributed by atoms with Crippen molar-refractivity contribution in [3.63, 3.8) is 0 Å². The SMILES string of the molecule is CC(C)NCCC(=O)NC(c1ccccc1)C(C)C. The summed E-state index contributed by atoms with van der Waals surface area (Å²) in [7, 11) is 0. The first-order valence-electron chi connectivity index (χ1n) is 7.08. The number of nitrogens with one attached hydrogen (secondary N) is 2. The first kappa shape index (κ1) is 15.7. The molecule has 3 nitrogen and oxygen atoms in total. The van der Waals surface area contributed by atoms with Gasteiger partial charge >= 0.3 is 0 Å². The second-order valence-electron chi connectivity index (χ2n) is 5.56. The summed E-state index contributed by atoms with van der Waals surface area (Å²) in [6.45, 7) is 9.15. The summed E-state index contributed by atoms with van der Waals surface area (Å²) in [5, 5.41) is 6.39. The fourth-order valence-corrected chi connectivity index (χ4v) is 2.02. The summed E-state index contributed by atoms with van der Waals surface area (Å²) in [4.78, 5) is 12.0. The van der Waals surface area contributed by atoms with E-state index in [2.05, 4.69) is 50.5 Å². The van der Waals surface area contributed by atoms with E-state index in [-0.39, 0.29) is 11.9 Å². The standard InChI is InChI=1S/C16H26N2O/c1-12(2)16(14-8-6-5-7-9-14)18-15(19)10-11-17-13(3)4/h5-9,12-13,16-17H,10-11H2,1-4H3,(H,18,19). The molecule has 0 heterocycles. The zero-order chi connectivity index (χ0) is 14.3. The molecule has 0 saturated heterocycles. The molecule has 0 aliphatic rings. The van der Waals surface area contributed by atoms with Crippen LogP contribution in [0, 0.1) is 5.92 Å². The molecule has 1 aromatic rings. The minimum absolute atomic E-state index is 0.0905. The van der Waals surface area contributed by atoms with Crippen molar-refractivity contribution in [3.05, 3.63) is 35.9 Å². The number of carbonyl (C=O) groups is 1. The van der Waals surface area contributed by atoms with Gasteiger partial charge in [0, 0.05) is 19.0 Å². The summed E-state index contributed by atoms with van der Waals surface area (Å²) >= 11 is 0. The van der Waals surface area contributed by atoms with Crippen molar-refractivity contribution < 1.29 is 4.79 Å². The van der Waals surface area contributed by atoms with E-state index < -0.39 is 0 Å². The number of rotatable bonds is 7. The van der Waals surface area contributed by atoms with Gasteiger partial charge in [-0.1, -0.05) is 58.0 Å². The predicted molar refractivity (Wildman–Crippen MR) is 79.9 cm³/mol. The Morgan fingerprint density at radius 3 is 2.26 bits per heavy atom. The minimum atomic E-state index is 0.0905. The average molecular weight is 262 g/mol. The molecule has 0 fully saturated rings. The number of hydrogen-bond donors (Lipinski definition) is 2. The number of benzene rings is 1. The van der Waals surface area contributed by atoms with Crippen molar-refractivity contribution in [2.24, 2.45) is 5.92 Å². The van der Waals surface area contributed by atoms with Crippen LogP contribution in [-0.2, 0) is 4.79 Å². The Morgan fingerprint density at radius 1 is 1.11 bits per heavy atom. The molecule has 19 heavy (non-hydrogen) atoms. The van der Waals surface area contributed by atoms with E-state index in [1.807, 2.05) is 18.2 Å². The largest absolute Gasteiger partial charge is 0.349 e. The van der Waals surface area contributed by atoms with Gasteiger partial charge in [0.2, 0.25) is 5.91 Å². The van der Waals surface area contributed by atoms with E-state index in [9.17, 15) is 4.79 Å². The van der Waals surface area contributed by atoms with Gasteiger partial charge in [-0.15, -0.1) is 0 Å². The zero-order valence-corrected chi connectivity index (χ0v) is 12.4. The van der Waals surface area contributed by atoms with Crippen molar-refractivity contribution in [3.8, 4) is 0 Å². The Bertz CT molecular complexity index is 374. The maximum atomic E-state index is 12.0. The molecule has 0 aromatic heterocycles. The molecule has 1 unspecified atom stereocenters. The molecular formula is C16H26N2O. The third kappa shape index (κ3) is 5.88. The maximum Gasteiger partial charge on any atom is 0.221 e. The molecule has 1 atom stereocenters. The molecule has 106 valence electrons. The Labute approximate surface area is 116 Å². The lowest BCUT2D eigenvalue weighted by molar-refractivity contribution is -0.122. The lowest BCUT2D eigenvalue weighted by atomic mass is 9.96. The van der Waals surface area contributed by atoms with Crippen molar-refractivity contribution in [1.82, 2.24) is 10.6 Å². The van der Waals surface area contributed by atoms with Crippen LogP contribution in [-0.4, -0.2) is 18.5 Å². The van der Waals surface area contributed by atoms with Crippen LogP contribution in [0.3, 0.4) is 0 Å². The molecule has 2 N–H and O–H groups in total. The van der Waals surface area contributed by atoms with E-state index in [1.54, 1.807) is 0 Å². The number of carbonyl (C=O) groups excluding carboxylic acids is 1. The Morgan fingerprint density at radius 2 is 1.74 bits per heavy atom. The smallest absolute Gasteiger partial charge is 0.221 e. The van der Waals surface area contributed by atoms with Crippen LogP contribution in [0.25, 0.3) is 0 Å². The van der Waals surface area contributed by atoms with Crippen molar-refractivity contribution in [1.29, 1.82) is 0 Å². The molecule has 1 amide bonds. The van der Waals surface area contributed by atoms with E-state index >= 15 is 0 Å². The van der Waals surface area contributed by atoms with Crippen molar-refractivity contribution >= 4 is 5.91 Å². The van der Waals surface area contributed by atoms with Gasteiger partial charge in [0.1, 0.15) is 0 Å². The average Bonchev–Trinajstić information content (AvgIpc) is 2.36. The summed E-state index contributed by atoms with van der Waals surface area (Å²) in [6.07, 6.45) is 0.522. The Balaban J connectivity index is 2.53. The van der Waals surface area contributed by atoms with Gasteiger partial charge in [-0.2, -0.15) is 0 Å². The van der Waals surface area contributed by atoms with Crippen molar-refractivity contribution in [2.45, 2.75) is 46.2 Å². The van der Waals surface area contributed by atoms with Gasteiger partial charge in [0.05, 0.1) is 6.04 Å². The first-order valence-corrected chi connectivity index (χ1v) is 7.08. The van der Waals surface area contributed by atoms with Crippen LogP contribution in [0.2, 0.25) is 0 Å². The molecule has 0 spiro atoms. The third-order valence-corrected chi connectivity index (χ3v) is 3.05. The normalized spacial score (nSPS) is 12.7. The van der Waals surface area contributed by atoms with E-state index in [4.69, 9.17) is 0 Å². The Kier molecular flexibility index (Phi) is 6.57. The van der Waals surface area contributed by atoms with Crippen LogP contribution in [0.15, 0.2) is 30.3 Å². The molecule has 3 heteroatoms. The van der Waals surface area contributed by atoms with Crippen LogP contribution in [0.1, 0.15) is 45.7 Å². The summed E-state index contributed by atoms with van der Waals surface area (Å²) in [6, 6.07) is 10.7. The van der Waals surface area contributed by atoms with E-state index in [0.29, 0.717) is 18.4 Å². The second kappa shape index (κ2) is 7.95. The van der Waals surface area contributed by atoms with E-state index in [1.165, 1.54) is 5.56 Å². The highest BCUT2D eigenvalue weighted by molar-refractivity contribution is 5.76. The fourth-order valence-electron chi connectivity index (χ4n) is 2.02. The molecule has 0 bridgehead atoms. The minimum Gasteiger partial charge on any atom is -0.349 e. The van der Waals surface area contributed by atoms with Crippen LogP contribution < -0.4 is 10.6 Å². The molecule has 0 aliphatic carbocycles. The monoisotopic (exact) mass is 262 g/mol. The third-order valence-electron chi connectivity index (χ3n) is 3.05. The van der Waals surface area contributed by atoms with Crippen molar-refractivity contribution in [2.75, 3.05) is 6.54 Å². The van der Waals surface area contributed by atoms with Gasteiger partial charge in [-0.25, -0.2) is 0 Å².